The maximum Gasteiger partial charge on any atom is 0.141 e. The van der Waals surface area contributed by atoms with Crippen LogP contribution in [0.4, 0.5) is 0 Å². The first-order valence-corrected chi connectivity index (χ1v) is 6.80. The minimum atomic E-state index is 0.0604. The van der Waals surface area contributed by atoms with Crippen LogP contribution in [-0.4, -0.2) is 10.5 Å². The summed E-state index contributed by atoms with van der Waals surface area (Å²) in [6, 6.07) is 5.75. The average Bonchev–Trinajstić information content (AvgIpc) is 2.82. The lowest BCUT2D eigenvalue weighted by Crippen LogP contribution is -2.35. The average molecular weight is 274 g/mol. The van der Waals surface area contributed by atoms with Gasteiger partial charge in [-0.1, -0.05) is 0 Å². The van der Waals surface area contributed by atoms with E-state index in [4.69, 9.17) is 9.15 Å². The Kier molecular flexibility index (Phi) is 4.45. The van der Waals surface area contributed by atoms with Crippen molar-refractivity contribution in [2.45, 2.75) is 46.4 Å². The standard InChI is InChI=1S/C16H22N2O2/c1-12-14(6-5-8-17-12)20-11-13-7-9-19-15(13)10-18-16(2,3)4/h5-9,18H,10-11H2,1-4H3. The molecule has 0 aliphatic rings. The Morgan fingerprint density at radius 3 is 2.80 bits per heavy atom. The molecule has 0 fully saturated rings. The van der Waals surface area contributed by atoms with E-state index in [1.54, 1.807) is 12.5 Å². The molecule has 0 aliphatic heterocycles. The predicted octanol–water partition coefficient (Wildman–Crippen LogP) is 3.45. The number of hydrogen-bond acceptors (Lipinski definition) is 4. The molecule has 2 aromatic heterocycles. The molecule has 2 heterocycles. The third kappa shape index (κ3) is 4.10. The van der Waals surface area contributed by atoms with Gasteiger partial charge in [0.2, 0.25) is 0 Å². The predicted molar refractivity (Wildman–Crippen MR) is 78.6 cm³/mol. The van der Waals surface area contributed by atoms with Gasteiger partial charge in [0.1, 0.15) is 18.1 Å². The zero-order valence-electron chi connectivity index (χ0n) is 12.6. The molecule has 0 radical (unpaired) electrons. The molecule has 0 atom stereocenters. The molecule has 0 saturated carbocycles. The highest BCUT2D eigenvalue weighted by Gasteiger charge is 2.13. The summed E-state index contributed by atoms with van der Waals surface area (Å²) in [5.41, 5.74) is 2.01. The van der Waals surface area contributed by atoms with Crippen LogP contribution in [0.3, 0.4) is 0 Å². The molecule has 0 unspecified atom stereocenters. The van der Waals surface area contributed by atoms with Gasteiger partial charge < -0.3 is 14.5 Å². The van der Waals surface area contributed by atoms with Gasteiger partial charge in [-0.15, -0.1) is 0 Å². The fourth-order valence-electron chi connectivity index (χ4n) is 1.77. The first-order chi connectivity index (χ1) is 9.46. The highest BCUT2D eigenvalue weighted by Crippen LogP contribution is 2.18. The fraction of sp³-hybridized carbons (Fsp3) is 0.438. The molecule has 0 bridgehead atoms. The lowest BCUT2D eigenvalue weighted by atomic mass is 10.1. The van der Waals surface area contributed by atoms with Gasteiger partial charge in [0, 0.05) is 17.3 Å². The van der Waals surface area contributed by atoms with E-state index in [9.17, 15) is 0 Å². The van der Waals surface area contributed by atoms with Gasteiger partial charge in [-0.05, 0) is 45.9 Å². The van der Waals surface area contributed by atoms with E-state index in [1.165, 1.54) is 0 Å². The summed E-state index contributed by atoms with van der Waals surface area (Å²) in [7, 11) is 0. The molecule has 0 amide bonds. The van der Waals surface area contributed by atoms with E-state index in [2.05, 4.69) is 31.1 Å². The number of nitrogens with one attached hydrogen (secondary N) is 1. The van der Waals surface area contributed by atoms with E-state index in [0.29, 0.717) is 13.2 Å². The van der Waals surface area contributed by atoms with Crippen molar-refractivity contribution in [1.82, 2.24) is 10.3 Å². The van der Waals surface area contributed by atoms with Crippen LogP contribution in [0.5, 0.6) is 5.75 Å². The maximum absolute atomic E-state index is 5.80. The molecule has 20 heavy (non-hydrogen) atoms. The summed E-state index contributed by atoms with van der Waals surface area (Å²) >= 11 is 0. The Morgan fingerprint density at radius 2 is 2.10 bits per heavy atom. The van der Waals surface area contributed by atoms with Crippen LogP contribution in [0, 0.1) is 6.92 Å². The Labute approximate surface area is 120 Å². The van der Waals surface area contributed by atoms with Gasteiger partial charge in [0.05, 0.1) is 18.5 Å². The number of aromatic nitrogens is 1. The van der Waals surface area contributed by atoms with Gasteiger partial charge in [0.25, 0.3) is 0 Å². The van der Waals surface area contributed by atoms with E-state index in [-0.39, 0.29) is 5.54 Å². The van der Waals surface area contributed by atoms with Crippen LogP contribution in [0.2, 0.25) is 0 Å². The number of aryl methyl sites for hydroxylation is 1. The largest absolute Gasteiger partial charge is 0.487 e. The van der Waals surface area contributed by atoms with Crippen LogP contribution >= 0.6 is 0 Å². The summed E-state index contributed by atoms with van der Waals surface area (Å²) in [5.74, 6) is 1.73. The minimum Gasteiger partial charge on any atom is -0.487 e. The SMILES string of the molecule is Cc1ncccc1OCc1ccoc1CNC(C)(C)C. The van der Waals surface area contributed by atoms with Crippen molar-refractivity contribution >= 4 is 0 Å². The van der Waals surface area contributed by atoms with Crippen LogP contribution in [-0.2, 0) is 13.2 Å². The molecule has 4 heteroatoms. The maximum atomic E-state index is 5.80. The van der Waals surface area contributed by atoms with Crippen molar-refractivity contribution in [3.63, 3.8) is 0 Å². The second kappa shape index (κ2) is 6.09. The summed E-state index contributed by atoms with van der Waals surface area (Å²) in [5, 5.41) is 3.41. The molecular weight excluding hydrogens is 252 g/mol. The summed E-state index contributed by atoms with van der Waals surface area (Å²) in [4.78, 5) is 4.21. The van der Waals surface area contributed by atoms with Crippen molar-refractivity contribution in [2.75, 3.05) is 0 Å². The molecule has 2 rings (SSSR count). The molecule has 0 saturated heterocycles. The Balaban J connectivity index is 1.97. The summed E-state index contributed by atoms with van der Waals surface area (Å²) in [6.45, 7) is 9.51. The van der Waals surface area contributed by atoms with Gasteiger partial charge in [-0.3, -0.25) is 4.98 Å². The highest BCUT2D eigenvalue weighted by molar-refractivity contribution is 5.26. The number of hydrogen-bond donors (Lipinski definition) is 1. The van der Waals surface area contributed by atoms with Crippen LogP contribution in [0.15, 0.2) is 35.1 Å². The lowest BCUT2D eigenvalue weighted by molar-refractivity contribution is 0.295. The Hall–Kier alpha value is -1.81. The molecule has 1 N–H and O–H groups in total. The first-order valence-electron chi connectivity index (χ1n) is 6.80. The fourth-order valence-corrected chi connectivity index (χ4v) is 1.77. The molecule has 0 spiro atoms. The number of furan rings is 1. The smallest absolute Gasteiger partial charge is 0.141 e. The van der Waals surface area contributed by atoms with E-state index >= 15 is 0 Å². The van der Waals surface area contributed by atoms with Crippen molar-refractivity contribution in [3.05, 3.63) is 47.7 Å². The minimum absolute atomic E-state index is 0.0604. The number of ether oxygens (including phenoxy) is 1. The molecule has 0 aromatic carbocycles. The highest BCUT2D eigenvalue weighted by atomic mass is 16.5. The number of nitrogens with zero attached hydrogens (tertiary/aromatic N) is 1. The van der Waals surface area contributed by atoms with Crippen LogP contribution in [0.25, 0.3) is 0 Å². The lowest BCUT2D eigenvalue weighted by Gasteiger charge is -2.20. The normalized spacial score (nSPS) is 11.6. The van der Waals surface area contributed by atoms with E-state index in [1.807, 2.05) is 25.1 Å². The molecule has 108 valence electrons. The van der Waals surface area contributed by atoms with Gasteiger partial charge in [0.15, 0.2) is 0 Å². The Bertz CT molecular complexity index is 556. The van der Waals surface area contributed by atoms with E-state index in [0.717, 1.165) is 22.8 Å². The third-order valence-electron chi connectivity index (χ3n) is 2.96. The number of pyridine rings is 1. The van der Waals surface area contributed by atoms with Crippen molar-refractivity contribution in [1.29, 1.82) is 0 Å². The monoisotopic (exact) mass is 274 g/mol. The van der Waals surface area contributed by atoms with Gasteiger partial charge in [-0.2, -0.15) is 0 Å². The van der Waals surface area contributed by atoms with Crippen LogP contribution < -0.4 is 10.1 Å². The molecular formula is C16H22N2O2. The van der Waals surface area contributed by atoms with Gasteiger partial charge >= 0.3 is 0 Å². The van der Waals surface area contributed by atoms with Gasteiger partial charge in [-0.25, -0.2) is 0 Å². The summed E-state index contributed by atoms with van der Waals surface area (Å²) in [6.07, 6.45) is 3.47. The Morgan fingerprint density at radius 1 is 1.30 bits per heavy atom. The zero-order chi connectivity index (χ0) is 14.6. The second-order valence-electron chi connectivity index (χ2n) is 5.85. The topological polar surface area (TPSA) is 47.3 Å². The van der Waals surface area contributed by atoms with E-state index < -0.39 is 0 Å². The van der Waals surface area contributed by atoms with Crippen molar-refractivity contribution in [3.8, 4) is 5.75 Å². The molecule has 4 nitrogen and oxygen atoms in total. The van der Waals surface area contributed by atoms with Crippen LogP contribution in [0.1, 0.15) is 37.8 Å². The molecule has 0 aliphatic carbocycles. The second-order valence-corrected chi connectivity index (χ2v) is 5.85. The third-order valence-corrected chi connectivity index (χ3v) is 2.96. The van der Waals surface area contributed by atoms with Crippen molar-refractivity contribution < 1.29 is 9.15 Å². The molecule has 2 aromatic rings. The zero-order valence-corrected chi connectivity index (χ0v) is 12.6. The first kappa shape index (κ1) is 14.6. The summed E-state index contributed by atoms with van der Waals surface area (Å²) < 4.78 is 11.3. The quantitative estimate of drug-likeness (QED) is 0.907. The number of rotatable bonds is 5. The van der Waals surface area contributed by atoms with Crippen molar-refractivity contribution in [2.24, 2.45) is 0 Å².